The molecule has 112 valence electrons. The van der Waals surface area contributed by atoms with Crippen LogP contribution in [0.3, 0.4) is 0 Å². The van der Waals surface area contributed by atoms with Gasteiger partial charge in [0, 0.05) is 22.8 Å². The van der Waals surface area contributed by atoms with Gasteiger partial charge in [-0.2, -0.15) is 0 Å². The molecule has 1 rings (SSSR count). The number of hydrogen-bond acceptors (Lipinski definition) is 3. The second-order valence-corrected chi connectivity index (χ2v) is 8.78. The van der Waals surface area contributed by atoms with Crippen LogP contribution in [-0.4, -0.2) is 20.9 Å². The molecule has 1 aromatic rings. The molecule has 4 nitrogen and oxygen atoms in total. The normalized spacial score (nSPS) is 12.3. The van der Waals surface area contributed by atoms with Crippen LogP contribution in [0.15, 0.2) is 21.5 Å². The Morgan fingerprint density at radius 3 is 2.40 bits per heavy atom. The topological polar surface area (TPSA) is 63.2 Å². The summed E-state index contributed by atoms with van der Waals surface area (Å²) in [5, 5.41) is 2.61. The molecule has 0 aliphatic rings. The number of carbonyl (C=O) groups excluding carboxylic acids is 1. The fourth-order valence-electron chi connectivity index (χ4n) is 1.32. The highest BCUT2D eigenvalue weighted by Gasteiger charge is 2.22. The molecule has 20 heavy (non-hydrogen) atoms. The largest absolute Gasteiger partial charge is 0.352 e. The fourth-order valence-corrected chi connectivity index (χ4v) is 3.41. The maximum absolute atomic E-state index is 13.7. The Morgan fingerprint density at radius 2 is 1.95 bits per heavy atom. The van der Waals surface area contributed by atoms with Crippen molar-refractivity contribution in [3.8, 4) is 0 Å². The first-order valence-corrected chi connectivity index (χ1v) is 8.74. The minimum Gasteiger partial charge on any atom is -0.352 e. The van der Waals surface area contributed by atoms with E-state index in [1.165, 1.54) is 0 Å². The van der Waals surface area contributed by atoms with Crippen LogP contribution < -0.4 is 5.32 Å². The van der Waals surface area contributed by atoms with E-state index in [0.29, 0.717) is 6.54 Å². The van der Waals surface area contributed by atoms with Gasteiger partial charge in [-0.3, -0.25) is 4.79 Å². The SMILES string of the molecule is CC(C)(C)CNC(=O)c1cc(F)c(Br)c(S(=O)(=O)Cl)c1. The lowest BCUT2D eigenvalue weighted by atomic mass is 9.97. The Bertz CT molecular complexity index is 641. The molecule has 0 fully saturated rings. The third-order valence-corrected chi connectivity index (χ3v) is 4.71. The zero-order chi connectivity index (χ0) is 15.7. The van der Waals surface area contributed by atoms with Crippen LogP contribution in [0.25, 0.3) is 0 Å². The third kappa shape index (κ3) is 4.71. The molecule has 0 saturated carbocycles. The van der Waals surface area contributed by atoms with Crippen molar-refractivity contribution in [2.24, 2.45) is 5.41 Å². The van der Waals surface area contributed by atoms with Crippen LogP contribution in [0.4, 0.5) is 4.39 Å². The van der Waals surface area contributed by atoms with Gasteiger partial charge in [0.2, 0.25) is 0 Å². The molecule has 1 aromatic carbocycles. The van der Waals surface area contributed by atoms with Gasteiger partial charge in [0.1, 0.15) is 10.7 Å². The van der Waals surface area contributed by atoms with Crippen molar-refractivity contribution in [3.05, 3.63) is 28.0 Å². The highest BCUT2D eigenvalue weighted by molar-refractivity contribution is 9.10. The zero-order valence-corrected chi connectivity index (χ0v) is 14.3. The molecule has 0 aliphatic carbocycles. The number of rotatable bonds is 3. The van der Waals surface area contributed by atoms with Crippen LogP contribution in [0.5, 0.6) is 0 Å². The third-order valence-electron chi connectivity index (χ3n) is 2.30. The molecule has 1 amide bonds. The first-order valence-electron chi connectivity index (χ1n) is 5.64. The average Bonchev–Trinajstić information content (AvgIpc) is 2.26. The Hall–Kier alpha value is -0.660. The molecule has 0 spiro atoms. The summed E-state index contributed by atoms with van der Waals surface area (Å²) in [4.78, 5) is 11.4. The van der Waals surface area contributed by atoms with Gasteiger partial charge in [-0.1, -0.05) is 20.8 Å². The van der Waals surface area contributed by atoms with Crippen LogP contribution in [0, 0.1) is 11.2 Å². The Balaban J connectivity index is 3.15. The summed E-state index contributed by atoms with van der Waals surface area (Å²) in [6.07, 6.45) is 0. The predicted molar refractivity (Wildman–Crippen MR) is 78.9 cm³/mol. The van der Waals surface area contributed by atoms with Gasteiger partial charge in [0.05, 0.1) is 4.47 Å². The highest BCUT2D eigenvalue weighted by atomic mass is 79.9. The standard InChI is InChI=1S/C12H14BrClFNO3S/c1-12(2,3)6-16-11(17)7-4-8(15)10(13)9(5-7)20(14,18)19/h4-5H,6H2,1-3H3,(H,16,17). The number of carbonyl (C=O) groups is 1. The van der Waals surface area contributed by atoms with Crippen molar-refractivity contribution in [2.45, 2.75) is 25.7 Å². The molecule has 0 bridgehead atoms. The van der Waals surface area contributed by atoms with Gasteiger partial charge in [-0.15, -0.1) is 0 Å². The van der Waals surface area contributed by atoms with E-state index in [1.54, 1.807) is 0 Å². The highest BCUT2D eigenvalue weighted by Crippen LogP contribution is 2.29. The fraction of sp³-hybridized carbons (Fsp3) is 0.417. The van der Waals surface area contributed by atoms with Crippen molar-refractivity contribution < 1.29 is 17.6 Å². The first-order chi connectivity index (χ1) is 8.92. The van der Waals surface area contributed by atoms with Crippen molar-refractivity contribution in [3.63, 3.8) is 0 Å². The summed E-state index contributed by atoms with van der Waals surface area (Å²) in [5.41, 5.74) is -0.250. The van der Waals surface area contributed by atoms with Gasteiger partial charge in [-0.25, -0.2) is 12.8 Å². The molecular formula is C12H14BrClFNO3S. The molecule has 0 aromatic heterocycles. The van der Waals surface area contributed by atoms with Gasteiger partial charge in [-0.05, 0) is 33.5 Å². The van der Waals surface area contributed by atoms with E-state index >= 15 is 0 Å². The second kappa shape index (κ2) is 5.99. The summed E-state index contributed by atoms with van der Waals surface area (Å²) < 4.78 is 36.0. The summed E-state index contributed by atoms with van der Waals surface area (Å²) in [5.74, 6) is -1.43. The quantitative estimate of drug-likeness (QED) is 0.811. The van der Waals surface area contributed by atoms with E-state index in [4.69, 9.17) is 10.7 Å². The predicted octanol–water partition coefficient (Wildman–Crippen LogP) is 3.29. The van der Waals surface area contributed by atoms with Crippen LogP contribution >= 0.6 is 26.6 Å². The van der Waals surface area contributed by atoms with E-state index in [1.807, 2.05) is 20.8 Å². The molecule has 0 radical (unpaired) electrons. The second-order valence-electron chi connectivity index (χ2n) is 5.45. The lowest BCUT2D eigenvalue weighted by Crippen LogP contribution is -2.32. The molecule has 0 unspecified atom stereocenters. The van der Waals surface area contributed by atoms with Crippen LogP contribution in [0.1, 0.15) is 31.1 Å². The summed E-state index contributed by atoms with van der Waals surface area (Å²) >= 11 is 2.80. The van der Waals surface area contributed by atoms with E-state index in [0.717, 1.165) is 12.1 Å². The number of amides is 1. The van der Waals surface area contributed by atoms with Gasteiger partial charge < -0.3 is 5.32 Å². The van der Waals surface area contributed by atoms with Crippen LogP contribution in [-0.2, 0) is 9.05 Å². The monoisotopic (exact) mass is 385 g/mol. The zero-order valence-electron chi connectivity index (χ0n) is 11.1. The van der Waals surface area contributed by atoms with Crippen molar-refractivity contribution in [2.75, 3.05) is 6.54 Å². The summed E-state index contributed by atoms with van der Waals surface area (Å²) in [7, 11) is 1.06. The molecule has 0 heterocycles. The average molecular weight is 387 g/mol. The first kappa shape index (κ1) is 17.4. The number of benzene rings is 1. The van der Waals surface area contributed by atoms with Gasteiger partial charge >= 0.3 is 0 Å². The Kier molecular flexibility index (Phi) is 5.21. The minimum atomic E-state index is -4.15. The molecule has 1 N–H and O–H groups in total. The summed E-state index contributed by atoms with van der Waals surface area (Å²) in [6.45, 7) is 6.13. The molecule has 0 atom stereocenters. The van der Waals surface area contributed by atoms with Gasteiger partial charge in [0.25, 0.3) is 15.0 Å². The van der Waals surface area contributed by atoms with Crippen molar-refractivity contribution >= 4 is 41.6 Å². The van der Waals surface area contributed by atoms with Crippen molar-refractivity contribution in [1.29, 1.82) is 0 Å². The molecule has 0 aliphatic heterocycles. The lowest BCUT2D eigenvalue weighted by molar-refractivity contribution is 0.0938. The minimum absolute atomic E-state index is 0.103. The lowest BCUT2D eigenvalue weighted by Gasteiger charge is -2.18. The molecule has 8 heteroatoms. The Morgan fingerprint density at radius 1 is 1.40 bits per heavy atom. The number of hydrogen-bond donors (Lipinski definition) is 1. The van der Waals surface area contributed by atoms with Crippen LogP contribution in [0.2, 0.25) is 0 Å². The molecule has 0 saturated heterocycles. The summed E-state index contributed by atoms with van der Waals surface area (Å²) in [6, 6.07) is 1.99. The molecular weight excluding hydrogens is 373 g/mol. The maximum atomic E-state index is 13.7. The Labute approximate surface area is 130 Å². The van der Waals surface area contributed by atoms with E-state index < -0.39 is 25.7 Å². The number of halogens is 3. The number of nitrogens with one attached hydrogen (secondary N) is 1. The van der Waals surface area contributed by atoms with Gasteiger partial charge in [0.15, 0.2) is 0 Å². The van der Waals surface area contributed by atoms with Crippen molar-refractivity contribution in [1.82, 2.24) is 5.32 Å². The van der Waals surface area contributed by atoms with E-state index in [2.05, 4.69) is 21.2 Å². The maximum Gasteiger partial charge on any atom is 0.262 e. The van der Waals surface area contributed by atoms with E-state index in [9.17, 15) is 17.6 Å². The van der Waals surface area contributed by atoms with E-state index in [-0.39, 0.29) is 15.5 Å². The smallest absolute Gasteiger partial charge is 0.262 e.